The lowest BCUT2D eigenvalue weighted by molar-refractivity contribution is 0.102. The molecule has 3 N–H and O–H groups in total. The molecule has 1 unspecified atom stereocenters. The van der Waals surface area contributed by atoms with Crippen molar-refractivity contribution in [2.24, 2.45) is 0 Å². The Bertz CT molecular complexity index is 1120. The topological polar surface area (TPSA) is 87.2 Å². The van der Waals surface area contributed by atoms with Crippen LogP contribution in [0.5, 0.6) is 5.75 Å². The molecule has 140 valence electrons. The minimum absolute atomic E-state index is 0.293. The smallest absolute Gasteiger partial charge is 0.273 e. The van der Waals surface area contributed by atoms with E-state index in [1.165, 1.54) is 6.20 Å². The van der Waals surface area contributed by atoms with Gasteiger partial charge in [0.15, 0.2) is 0 Å². The number of aromatic nitrogens is 2. The molecular formula is C22H19N3O3. The average Bonchev–Trinajstić information content (AvgIpc) is 3.28. The molecule has 0 fully saturated rings. The van der Waals surface area contributed by atoms with E-state index < -0.39 is 6.10 Å². The van der Waals surface area contributed by atoms with Crippen molar-refractivity contribution in [1.82, 2.24) is 10.2 Å². The van der Waals surface area contributed by atoms with E-state index in [-0.39, 0.29) is 5.91 Å². The zero-order chi connectivity index (χ0) is 19.5. The molecule has 1 atom stereocenters. The van der Waals surface area contributed by atoms with E-state index in [2.05, 4.69) is 15.5 Å². The van der Waals surface area contributed by atoms with Crippen LogP contribution in [0.25, 0.3) is 10.8 Å². The Hall–Kier alpha value is -3.64. The molecule has 4 aromatic rings. The van der Waals surface area contributed by atoms with Crippen LogP contribution in [-0.4, -0.2) is 28.3 Å². The second-order valence-electron chi connectivity index (χ2n) is 6.36. The maximum absolute atomic E-state index is 12.2. The maximum Gasteiger partial charge on any atom is 0.273 e. The van der Waals surface area contributed by atoms with E-state index in [0.717, 1.165) is 22.1 Å². The van der Waals surface area contributed by atoms with Crippen molar-refractivity contribution >= 4 is 22.4 Å². The van der Waals surface area contributed by atoms with E-state index in [0.29, 0.717) is 16.9 Å². The monoisotopic (exact) mass is 373 g/mol. The molecule has 0 aliphatic rings. The molecular weight excluding hydrogens is 354 g/mol. The van der Waals surface area contributed by atoms with Gasteiger partial charge >= 0.3 is 0 Å². The summed E-state index contributed by atoms with van der Waals surface area (Å²) in [6.07, 6.45) is 0.670. The van der Waals surface area contributed by atoms with Gasteiger partial charge in [0.25, 0.3) is 5.91 Å². The number of ether oxygens (including phenoxy) is 1. The van der Waals surface area contributed by atoms with Crippen LogP contribution in [0.2, 0.25) is 0 Å². The van der Waals surface area contributed by atoms with E-state index in [1.54, 1.807) is 31.4 Å². The van der Waals surface area contributed by atoms with E-state index in [1.807, 2.05) is 42.5 Å². The number of nitrogens with one attached hydrogen (secondary N) is 2. The standard InChI is InChI=1S/C22H19N3O3/c1-28-20-10-9-18(16-7-2-3-8-17(16)20)21(26)14-5-4-6-15(13-14)24-22(27)19-11-12-23-25-19/h2-13,21,26H,1H3,(H,23,25)(H,24,27). The molecule has 0 aliphatic carbocycles. The molecule has 0 saturated heterocycles. The Morgan fingerprint density at radius 1 is 1.07 bits per heavy atom. The molecule has 6 nitrogen and oxygen atoms in total. The fraction of sp³-hybridized carbons (Fsp3) is 0.0909. The van der Waals surface area contributed by atoms with Crippen LogP contribution in [0.4, 0.5) is 5.69 Å². The third-order valence-electron chi connectivity index (χ3n) is 4.64. The van der Waals surface area contributed by atoms with Crippen molar-refractivity contribution in [2.75, 3.05) is 12.4 Å². The van der Waals surface area contributed by atoms with Gasteiger partial charge in [-0.3, -0.25) is 9.89 Å². The highest BCUT2D eigenvalue weighted by Gasteiger charge is 2.16. The van der Waals surface area contributed by atoms with Gasteiger partial charge in [0.2, 0.25) is 0 Å². The summed E-state index contributed by atoms with van der Waals surface area (Å²) in [5, 5.41) is 22.1. The summed E-state index contributed by atoms with van der Waals surface area (Å²) >= 11 is 0. The average molecular weight is 373 g/mol. The number of carbonyl (C=O) groups is 1. The molecule has 0 radical (unpaired) electrons. The highest BCUT2D eigenvalue weighted by Crippen LogP contribution is 2.34. The van der Waals surface area contributed by atoms with Gasteiger partial charge in [-0.2, -0.15) is 5.10 Å². The largest absolute Gasteiger partial charge is 0.496 e. The van der Waals surface area contributed by atoms with Gasteiger partial charge in [0.05, 0.1) is 7.11 Å². The third kappa shape index (κ3) is 3.33. The Balaban J connectivity index is 1.67. The first-order chi connectivity index (χ1) is 13.7. The van der Waals surface area contributed by atoms with Crippen LogP contribution in [0.15, 0.2) is 72.9 Å². The number of rotatable bonds is 5. The summed E-state index contributed by atoms with van der Waals surface area (Å²) in [6.45, 7) is 0. The number of methoxy groups -OCH3 is 1. The SMILES string of the molecule is COc1ccc(C(O)c2cccc(NC(=O)c3ccn[nH]3)c2)c2ccccc12. The molecule has 28 heavy (non-hydrogen) atoms. The van der Waals surface area contributed by atoms with Crippen molar-refractivity contribution < 1.29 is 14.6 Å². The van der Waals surface area contributed by atoms with Crippen molar-refractivity contribution in [3.63, 3.8) is 0 Å². The number of hydrogen-bond donors (Lipinski definition) is 3. The van der Waals surface area contributed by atoms with Gasteiger partial charge in [-0.25, -0.2) is 0 Å². The molecule has 0 spiro atoms. The number of aliphatic hydroxyl groups excluding tert-OH is 1. The first kappa shape index (κ1) is 17.8. The predicted molar refractivity (Wildman–Crippen MR) is 108 cm³/mol. The van der Waals surface area contributed by atoms with Crippen LogP contribution < -0.4 is 10.1 Å². The second kappa shape index (κ2) is 7.54. The van der Waals surface area contributed by atoms with Crippen LogP contribution in [0.1, 0.15) is 27.7 Å². The first-order valence-electron chi connectivity index (χ1n) is 8.82. The second-order valence-corrected chi connectivity index (χ2v) is 6.36. The number of benzene rings is 3. The Morgan fingerprint density at radius 3 is 2.64 bits per heavy atom. The molecule has 0 bridgehead atoms. The molecule has 1 heterocycles. The number of anilines is 1. The van der Waals surface area contributed by atoms with Gasteiger partial charge in [0.1, 0.15) is 17.5 Å². The Kier molecular flexibility index (Phi) is 4.78. The van der Waals surface area contributed by atoms with Gasteiger partial charge < -0.3 is 15.2 Å². The predicted octanol–water partition coefficient (Wildman–Crippen LogP) is 3.91. The molecule has 0 aliphatic heterocycles. The highest BCUT2D eigenvalue weighted by molar-refractivity contribution is 6.02. The summed E-state index contributed by atoms with van der Waals surface area (Å²) in [5.41, 5.74) is 2.41. The molecule has 0 saturated carbocycles. The number of H-pyrrole nitrogens is 1. The lowest BCUT2D eigenvalue weighted by Crippen LogP contribution is -2.12. The normalized spacial score (nSPS) is 11.9. The van der Waals surface area contributed by atoms with Crippen LogP contribution in [-0.2, 0) is 0 Å². The maximum atomic E-state index is 12.2. The van der Waals surface area contributed by atoms with E-state index >= 15 is 0 Å². The van der Waals surface area contributed by atoms with Crippen molar-refractivity contribution in [3.05, 3.63) is 89.7 Å². The summed E-state index contributed by atoms with van der Waals surface area (Å²) in [7, 11) is 1.63. The fourth-order valence-electron chi connectivity index (χ4n) is 3.26. The number of nitrogens with zero attached hydrogens (tertiary/aromatic N) is 1. The number of fused-ring (bicyclic) bond motifs is 1. The van der Waals surface area contributed by atoms with Gasteiger partial charge in [0, 0.05) is 17.3 Å². The molecule has 4 rings (SSSR count). The van der Waals surface area contributed by atoms with Gasteiger partial charge in [-0.05, 0) is 40.8 Å². The van der Waals surface area contributed by atoms with E-state index in [4.69, 9.17) is 4.74 Å². The Labute approximate surface area is 161 Å². The van der Waals surface area contributed by atoms with Crippen molar-refractivity contribution in [3.8, 4) is 5.75 Å². The first-order valence-corrected chi connectivity index (χ1v) is 8.82. The summed E-state index contributed by atoms with van der Waals surface area (Å²) < 4.78 is 5.43. The Morgan fingerprint density at radius 2 is 1.89 bits per heavy atom. The summed E-state index contributed by atoms with van der Waals surface area (Å²) in [4.78, 5) is 12.2. The zero-order valence-electron chi connectivity index (χ0n) is 15.2. The number of hydrogen-bond acceptors (Lipinski definition) is 4. The molecule has 3 aromatic carbocycles. The molecule has 1 amide bonds. The number of aliphatic hydroxyl groups is 1. The number of aromatic amines is 1. The number of carbonyl (C=O) groups excluding carboxylic acids is 1. The van der Waals surface area contributed by atoms with Crippen LogP contribution in [0, 0.1) is 0 Å². The lowest BCUT2D eigenvalue weighted by atomic mass is 9.95. The summed E-state index contributed by atoms with van der Waals surface area (Å²) in [5.74, 6) is 0.464. The molecule has 1 aromatic heterocycles. The van der Waals surface area contributed by atoms with Crippen LogP contribution in [0.3, 0.4) is 0 Å². The van der Waals surface area contributed by atoms with Crippen molar-refractivity contribution in [1.29, 1.82) is 0 Å². The minimum Gasteiger partial charge on any atom is -0.496 e. The zero-order valence-corrected chi connectivity index (χ0v) is 15.2. The summed E-state index contributed by atoms with van der Waals surface area (Å²) in [6, 6.07) is 20.3. The fourth-order valence-corrected chi connectivity index (χ4v) is 3.26. The van der Waals surface area contributed by atoms with E-state index in [9.17, 15) is 9.90 Å². The highest BCUT2D eigenvalue weighted by atomic mass is 16.5. The lowest BCUT2D eigenvalue weighted by Gasteiger charge is -2.17. The van der Waals surface area contributed by atoms with Crippen LogP contribution >= 0.6 is 0 Å². The van der Waals surface area contributed by atoms with Crippen molar-refractivity contribution in [2.45, 2.75) is 6.10 Å². The third-order valence-corrected chi connectivity index (χ3v) is 4.64. The quantitative estimate of drug-likeness (QED) is 0.495. The minimum atomic E-state index is -0.847. The van der Waals surface area contributed by atoms with Gasteiger partial charge in [-0.15, -0.1) is 0 Å². The molecule has 6 heteroatoms. The number of amides is 1. The van der Waals surface area contributed by atoms with Gasteiger partial charge in [-0.1, -0.05) is 42.5 Å².